The number of aromatic nitrogens is 3. The summed E-state index contributed by atoms with van der Waals surface area (Å²) < 4.78 is 2.25. The number of alkyl halides is 1. The fourth-order valence-electron chi connectivity index (χ4n) is 3.24. The zero-order valence-electron chi connectivity index (χ0n) is 11.7. The average Bonchev–Trinajstić information content (AvgIpc) is 2.96. The van der Waals surface area contributed by atoms with Crippen molar-refractivity contribution in [2.45, 2.75) is 45.6 Å². The lowest BCUT2D eigenvalue weighted by atomic mass is 9.89. The number of rotatable bonds is 4. The third-order valence-corrected chi connectivity index (χ3v) is 4.69. The van der Waals surface area contributed by atoms with Gasteiger partial charge in [0.25, 0.3) is 0 Å². The highest BCUT2D eigenvalue weighted by Gasteiger charge is 2.30. The second-order valence-corrected chi connectivity index (χ2v) is 6.88. The van der Waals surface area contributed by atoms with Gasteiger partial charge in [-0.1, -0.05) is 31.4 Å². The fourth-order valence-corrected chi connectivity index (χ4v) is 3.56. The van der Waals surface area contributed by atoms with Gasteiger partial charge in [0, 0.05) is 25.0 Å². The predicted octanol–water partition coefficient (Wildman–Crippen LogP) is 4.45. The Morgan fingerprint density at radius 1 is 1.35 bits per heavy atom. The first-order valence-corrected chi connectivity index (χ1v) is 8.09. The van der Waals surface area contributed by atoms with Crippen LogP contribution in [0.15, 0.2) is 12.3 Å². The maximum atomic E-state index is 6.02. The van der Waals surface area contributed by atoms with Crippen molar-refractivity contribution in [1.29, 1.82) is 0 Å². The molecule has 0 amide bonds. The van der Waals surface area contributed by atoms with Gasteiger partial charge in [0.15, 0.2) is 5.65 Å². The molecule has 0 bridgehead atoms. The monoisotopic (exact) mass is 311 g/mol. The number of hydrogen-bond donors (Lipinski definition) is 0. The van der Waals surface area contributed by atoms with E-state index in [1.165, 1.54) is 25.7 Å². The highest BCUT2D eigenvalue weighted by molar-refractivity contribution is 6.31. The maximum absolute atomic E-state index is 6.02. The molecular weight excluding hydrogens is 293 g/mol. The van der Waals surface area contributed by atoms with E-state index in [0.29, 0.717) is 16.3 Å². The van der Waals surface area contributed by atoms with Crippen LogP contribution in [0.25, 0.3) is 11.2 Å². The van der Waals surface area contributed by atoms with E-state index in [-0.39, 0.29) is 0 Å². The number of fused-ring (bicyclic) bond motifs is 1. The summed E-state index contributed by atoms with van der Waals surface area (Å²) in [5.74, 6) is 1.60. The molecule has 2 aromatic rings. The summed E-state index contributed by atoms with van der Waals surface area (Å²) in [7, 11) is 0. The highest BCUT2D eigenvalue weighted by Crippen LogP contribution is 2.39. The molecule has 3 rings (SSSR count). The summed E-state index contributed by atoms with van der Waals surface area (Å²) in [4.78, 5) is 9.15. The minimum absolute atomic E-state index is 0.357. The lowest BCUT2D eigenvalue weighted by molar-refractivity contribution is 0.281. The van der Waals surface area contributed by atoms with E-state index >= 15 is 0 Å². The molecular formula is C15H19Cl2N3. The molecule has 0 saturated heterocycles. The van der Waals surface area contributed by atoms with E-state index in [1.54, 1.807) is 6.20 Å². The number of halogens is 2. The third kappa shape index (κ3) is 2.66. The average molecular weight is 312 g/mol. The van der Waals surface area contributed by atoms with Gasteiger partial charge in [-0.2, -0.15) is 0 Å². The molecule has 0 N–H and O–H groups in total. The van der Waals surface area contributed by atoms with E-state index in [0.717, 1.165) is 30.0 Å². The maximum Gasteiger partial charge on any atom is 0.160 e. The zero-order chi connectivity index (χ0) is 14.2. The van der Waals surface area contributed by atoms with Crippen LogP contribution < -0.4 is 0 Å². The van der Waals surface area contributed by atoms with Gasteiger partial charge in [-0.25, -0.2) is 9.97 Å². The molecule has 20 heavy (non-hydrogen) atoms. The minimum atomic E-state index is 0.357. The van der Waals surface area contributed by atoms with Gasteiger partial charge in [-0.05, 0) is 24.3 Å². The lowest BCUT2D eigenvalue weighted by Gasteiger charge is -2.25. The Morgan fingerprint density at radius 3 is 2.80 bits per heavy atom. The highest BCUT2D eigenvalue weighted by atomic mass is 35.5. The van der Waals surface area contributed by atoms with Crippen LogP contribution in [0.1, 0.15) is 38.4 Å². The molecule has 0 spiro atoms. The van der Waals surface area contributed by atoms with Crippen LogP contribution in [-0.4, -0.2) is 20.4 Å². The van der Waals surface area contributed by atoms with Gasteiger partial charge >= 0.3 is 0 Å². The van der Waals surface area contributed by atoms with Gasteiger partial charge in [0.05, 0.1) is 5.02 Å². The molecule has 2 aromatic heterocycles. The van der Waals surface area contributed by atoms with Gasteiger partial charge in [0.2, 0.25) is 0 Å². The molecule has 1 fully saturated rings. The summed E-state index contributed by atoms with van der Waals surface area (Å²) in [5, 5.41) is 0.631. The molecule has 0 aromatic carbocycles. The normalized spacial score (nSPS) is 17.9. The second-order valence-electron chi connectivity index (χ2n) is 6.07. The van der Waals surface area contributed by atoms with Crippen LogP contribution in [0.2, 0.25) is 5.02 Å². The Hall–Kier alpha value is -0.800. The minimum Gasteiger partial charge on any atom is -0.312 e. The molecule has 108 valence electrons. The standard InChI is InChI=1S/C15H19Cl2N3/c1-15(5-2-3-6-15)10-20-13(4-7-16)19-12-8-11(17)9-18-14(12)20/h8-9H,2-7,10H2,1H3. The van der Waals surface area contributed by atoms with Crippen molar-refractivity contribution >= 4 is 34.4 Å². The summed E-state index contributed by atoms with van der Waals surface area (Å²) >= 11 is 11.9. The Bertz CT molecular complexity index is 615. The Kier molecular flexibility index (Phi) is 3.91. The molecule has 2 heterocycles. The molecule has 5 heteroatoms. The molecule has 0 aliphatic heterocycles. The number of hydrogen-bond acceptors (Lipinski definition) is 2. The van der Waals surface area contributed by atoms with Crippen molar-refractivity contribution < 1.29 is 0 Å². The van der Waals surface area contributed by atoms with Crippen molar-refractivity contribution in [3.63, 3.8) is 0 Å². The van der Waals surface area contributed by atoms with E-state index < -0.39 is 0 Å². The van der Waals surface area contributed by atoms with Gasteiger partial charge in [0.1, 0.15) is 11.3 Å². The summed E-state index contributed by atoms with van der Waals surface area (Å²) in [6.07, 6.45) is 7.68. The van der Waals surface area contributed by atoms with Crippen molar-refractivity contribution in [2.75, 3.05) is 5.88 Å². The number of nitrogens with zero attached hydrogens (tertiary/aromatic N) is 3. The number of imidazole rings is 1. The molecule has 0 unspecified atom stereocenters. The Balaban J connectivity index is 2.04. The molecule has 3 nitrogen and oxygen atoms in total. The van der Waals surface area contributed by atoms with Crippen LogP contribution in [0.3, 0.4) is 0 Å². The Labute approximate surface area is 129 Å². The summed E-state index contributed by atoms with van der Waals surface area (Å²) in [6.45, 7) is 3.34. The van der Waals surface area contributed by atoms with Crippen molar-refractivity contribution in [3.8, 4) is 0 Å². The zero-order valence-corrected chi connectivity index (χ0v) is 13.2. The number of aryl methyl sites for hydroxylation is 1. The van der Waals surface area contributed by atoms with E-state index in [9.17, 15) is 0 Å². The first-order chi connectivity index (χ1) is 9.61. The number of pyridine rings is 1. The molecule has 1 aliphatic carbocycles. The lowest BCUT2D eigenvalue weighted by Crippen LogP contribution is -2.21. The third-order valence-electron chi connectivity index (χ3n) is 4.30. The Morgan fingerprint density at radius 2 is 2.10 bits per heavy atom. The largest absolute Gasteiger partial charge is 0.312 e. The second kappa shape index (κ2) is 5.53. The van der Waals surface area contributed by atoms with Crippen LogP contribution >= 0.6 is 23.2 Å². The SMILES string of the molecule is CC1(Cn2c(CCCl)nc3cc(Cl)cnc32)CCCC1. The van der Waals surface area contributed by atoms with Crippen molar-refractivity contribution in [3.05, 3.63) is 23.1 Å². The smallest absolute Gasteiger partial charge is 0.160 e. The van der Waals surface area contributed by atoms with Crippen molar-refractivity contribution in [2.24, 2.45) is 5.41 Å². The van der Waals surface area contributed by atoms with E-state index in [2.05, 4.69) is 21.5 Å². The molecule has 0 atom stereocenters. The quantitative estimate of drug-likeness (QED) is 0.781. The predicted molar refractivity (Wildman–Crippen MR) is 83.5 cm³/mol. The van der Waals surface area contributed by atoms with E-state index in [1.807, 2.05) is 6.07 Å². The first-order valence-electron chi connectivity index (χ1n) is 7.18. The summed E-state index contributed by atoms with van der Waals surface area (Å²) in [6, 6.07) is 1.88. The fraction of sp³-hybridized carbons (Fsp3) is 0.600. The first kappa shape index (κ1) is 14.2. The van der Waals surface area contributed by atoms with Crippen molar-refractivity contribution in [1.82, 2.24) is 14.5 Å². The molecule has 0 radical (unpaired) electrons. The van der Waals surface area contributed by atoms with Gasteiger partial charge < -0.3 is 4.57 Å². The van der Waals surface area contributed by atoms with Gasteiger partial charge in [-0.15, -0.1) is 11.6 Å². The van der Waals surface area contributed by atoms with E-state index in [4.69, 9.17) is 23.2 Å². The molecule has 1 aliphatic rings. The van der Waals surface area contributed by atoms with Crippen LogP contribution in [0, 0.1) is 5.41 Å². The van der Waals surface area contributed by atoms with Crippen LogP contribution in [0.4, 0.5) is 0 Å². The van der Waals surface area contributed by atoms with Gasteiger partial charge in [-0.3, -0.25) is 0 Å². The van der Waals surface area contributed by atoms with Crippen LogP contribution in [-0.2, 0) is 13.0 Å². The van der Waals surface area contributed by atoms with Crippen LogP contribution in [0.5, 0.6) is 0 Å². The summed E-state index contributed by atoms with van der Waals surface area (Å²) in [5.41, 5.74) is 2.16. The topological polar surface area (TPSA) is 30.7 Å². The molecule has 1 saturated carbocycles.